The van der Waals surface area contributed by atoms with Gasteiger partial charge in [0.2, 0.25) is 0 Å². The Hall–Kier alpha value is -1.09. The van der Waals surface area contributed by atoms with Crippen LogP contribution in [0.3, 0.4) is 0 Å². The van der Waals surface area contributed by atoms with Crippen molar-refractivity contribution < 1.29 is 0 Å². The zero-order chi connectivity index (χ0) is 12.5. The maximum atomic E-state index is 4.60. The van der Waals surface area contributed by atoms with E-state index in [0.29, 0.717) is 0 Å². The summed E-state index contributed by atoms with van der Waals surface area (Å²) in [6.45, 7) is 3.45. The van der Waals surface area contributed by atoms with Crippen LogP contribution in [0.5, 0.6) is 0 Å². The van der Waals surface area contributed by atoms with Crippen molar-refractivity contribution in [2.75, 3.05) is 0 Å². The molecule has 94 valence electrons. The Kier molecular flexibility index (Phi) is 3.25. The third kappa shape index (κ3) is 2.37. The minimum atomic E-state index is 0.773. The first-order valence-electron chi connectivity index (χ1n) is 6.50. The summed E-state index contributed by atoms with van der Waals surface area (Å²) < 4.78 is 3.54. The van der Waals surface area contributed by atoms with Crippen molar-refractivity contribution in [2.45, 2.75) is 32.7 Å². The summed E-state index contributed by atoms with van der Waals surface area (Å²) in [5, 5.41) is 0. The smallest absolute Gasteiger partial charge is 0.113 e. The van der Waals surface area contributed by atoms with Gasteiger partial charge in [-0.3, -0.25) is 0 Å². The van der Waals surface area contributed by atoms with E-state index in [0.717, 1.165) is 23.4 Å². The molecule has 3 heteroatoms. The van der Waals surface area contributed by atoms with Crippen molar-refractivity contribution in [3.63, 3.8) is 0 Å². The number of hydrogen-bond acceptors (Lipinski definition) is 1. The van der Waals surface area contributed by atoms with E-state index in [1.54, 1.807) is 0 Å². The van der Waals surface area contributed by atoms with E-state index in [9.17, 15) is 0 Å². The lowest BCUT2D eigenvalue weighted by Crippen LogP contribution is -2.19. The maximum absolute atomic E-state index is 4.60. The zero-order valence-electron chi connectivity index (χ0n) is 10.6. The van der Waals surface area contributed by atoms with Gasteiger partial charge in [0.15, 0.2) is 0 Å². The van der Waals surface area contributed by atoms with Crippen LogP contribution in [0, 0.1) is 5.92 Å². The fourth-order valence-electron chi connectivity index (χ4n) is 2.60. The molecule has 2 aromatic rings. The Morgan fingerprint density at radius 1 is 1.33 bits per heavy atom. The summed E-state index contributed by atoms with van der Waals surface area (Å²) in [6, 6.07) is 8.52. The standard InChI is InChI=1S/C15H17BrN2/c1-11-2-7-14-9-17-15(18(14)10-11)8-12-3-5-13(16)6-4-12/h3-6,9,11H,2,7-8,10H2,1H3. The Balaban J connectivity index is 1.85. The van der Waals surface area contributed by atoms with Gasteiger partial charge in [0.1, 0.15) is 5.82 Å². The molecule has 0 fully saturated rings. The minimum absolute atomic E-state index is 0.773. The van der Waals surface area contributed by atoms with Gasteiger partial charge >= 0.3 is 0 Å². The van der Waals surface area contributed by atoms with Gasteiger partial charge in [0.05, 0.1) is 0 Å². The summed E-state index contributed by atoms with van der Waals surface area (Å²) >= 11 is 3.47. The third-order valence-electron chi connectivity index (χ3n) is 3.68. The fourth-order valence-corrected chi connectivity index (χ4v) is 2.86. The van der Waals surface area contributed by atoms with Gasteiger partial charge in [0, 0.05) is 29.3 Å². The minimum Gasteiger partial charge on any atom is -0.332 e. The van der Waals surface area contributed by atoms with Crippen LogP contribution in [0.4, 0.5) is 0 Å². The first-order chi connectivity index (χ1) is 8.72. The summed E-state index contributed by atoms with van der Waals surface area (Å²) in [5.74, 6) is 1.98. The first-order valence-corrected chi connectivity index (χ1v) is 7.29. The van der Waals surface area contributed by atoms with Crippen molar-refractivity contribution in [1.29, 1.82) is 0 Å². The van der Waals surface area contributed by atoms with Crippen LogP contribution in [0.25, 0.3) is 0 Å². The van der Waals surface area contributed by atoms with Gasteiger partial charge in [-0.2, -0.15) is 0 Å². The van der Waals surface area contributed by atoms with Crippen molar-refractivity contribution in [3.05, 3.63) is 52.0 Å². The fraction of sp³-hybridized carbons (Fsp3) is 0.400. The van der Waals surface area contributed by atoms with Gasteiger partial charge in [-0.05, 0) is 36.5 Å². The van der Waals surface area contributed by atoms with E-state index in [2.05, 4.69) is 62.9 Å². The van der Waals surface area contributed by atoms with E-state index >= 15 is 0 Å². The molecule has 1 unspecified atom stereocenters. The summed E-state index contributed by atoms with van der Waals surface area (Å²) in [6.07, 6.45) is 5.46. The first kappa shape index (κ1) is 12.0. The average molecular weight is 305 g/mol. The summed E-state index contributed by atoms with van der Waals surface area (Å²) in [4.78, 5) is 4.60. The topological polar surface area (TPSA) is 17.8 Å². The average Bonchev–Trinajstić information content (AvgIpc) is 2.75. The third-order valence-corrected chi connectivity index (χ3v) is 4.21. The quantitative estimate of drug-likeness (QED) is 0.825. The molecule has 1 aromatic carbocycles. The van der Waals surface area contributed by atoms with Crippen LogP contribution < -0.4 is 0 Å². The van der Waals surface area contributed by atoms with Crippen LogP contribution in [0.2, 0.25) is 0 Å². The molecule has 0 aliphatic carbocycles. The van der Waals surface area contributed by atoms with Crippen LogP contribution in [0.15, 0.2) is 34.9 Å². The number of imidazole rings is 1. The molecule has 0 bridgehead atoms. The van der Waals surface area contributed by atoms with Crippen LogP contribution >= 0.6 is 15.9 Å². The van der Waals surface area contributed by atoms with Gasteiger partial charge in [-0.15, -0.1) is 0 Å². The number of hydrogen-bond donors (Lipinski definition) is 0. The highest BCUT2D eigenvalue weighted by Crippen LogP contribution is 2.22. The monoisotopic (exact) mass is 304 g/mol. The Bertz CT molecular complexity index is 542. The highest BCUT2D eigenvalue weighted by atomic mass is 79.9. The highest BCUT2D eigenvalue weighted by Gasteiger charge is 2.18. The number of aryl methyl sites for hydroxylation is 1. The molecule has 2 heterocycles. The Morgan fingerprint density at radius 2 is 2.11 bits per heavy atom. The van der Waals surface area contributed by atoms with E-state index < -0.39 is 0 Å². The van der Waals surface area contributed by atoms with Crippen LogP contribution in [-0.2, 0) is 19.4 Å². The van der Waals surface area contributed by atoms with Gasteiger partial charge in [-0.1, -0.05) is 35.0 Å². The largest absolute Gasteiger partial charge is 0.332 e. The SMILES string of the molecule is CC1CCc2cnc(Cc3ccc(Br)cc3)n2C1. The number of nitrogens with zero attached hydrogens (tertiary/aromatic N) is 2. The number of benzene rings is 1. The van der Waals surface area contributed by atoms with Crippen molar-refractivity contribution >= 4 is 15.9 Å². The lowest BCUT2D eigenvalue weighted by atomic mass is 10.00. The van der Waals surface area contributed by atoms with E-state index in [-0.39, 0.29) is 0 Å². The second-order valence-corrected chi connectivity index (χ2v) is 6.14. The van der Waals surface area contributed by atoms with Crippen molar-refractivity contribution in [2.24, 2.45) is 5.92 Å². The molecule has 0 radical (unpaired) electrons. The molecule has 3 rings (SSSR count). The highest BCUT2D eigenvalue weighted by molar-refractivity contribution is 9.10. The van der Waals surface area contributed by atoms with Gasteiger partial charge < -0.3 is 4.57 Å². The van der Waals surface area contributed by atoms with E-state index in [1.807, 2.05) is 0 Å². The van der Waals surface area contributed by atoms with Gasteiger partial charge in [-0.25, -0.2) is 4.98 Å². The normalized spacial score (nSPS) is 18.7. The molecule has 0 amide bonds. The molecule has 1 aliphatic heterocycles. The molecule has 18 heavy (non-hydrogen) atoms. The Labute approximate surface area is 116 Å². The zero-order valence-corrected chi connectivity index (χ0v) is 12.2. The predicted octanol–water partition coefficient (Wildman–Crippen LogP) is 3.82. The molecular formula is C15H17BrN2. The molecule has 2 nitrogen and oxygen atoms in total. The van der Waals surface area contributed by atoms with E-state index in [4.69, 9.17) is 0 Å². The second kappa shape index (κ2) is 4.88. The maximum Gasteiger partial charge on any atom is 0.113 e. The van der Waals surface area contributed by atoms with Crippen LogP contribution in [-0.4, -0.2) is 9.55 Å². The molecular weight excluding hydrogens is 288 g/mol. The molecule has 0 saturated carbocycles. The molecule has 1 aliphatic rings. The lowest BCUT2D eigenvalue weighted by Gasteiger charge is -2.22. The molecule has 0 saturated heterocycles. The van der Waals surface area contributed by atoms with E-state index in [1.165, 1.54) is 29.9 Å². The van der Waals surface area contributed by atoms with Gasteiger partial charge in [0.25, 0.3) is 0 Å². The number of fused-ring (bicyclic) bond motifs is 1. The predicted molar refractivity (Wildman–Crippen MR) is 76.7 cm³/mol. The Morgan fingerprint density at radius 3 is 2.89 bits per heavy atom. The second-order valence-electron chi connectivity index (χ2n) is 5.22. The van der Waals surface area contributed by atoms with Crippen LogP contribution in [0.1, 0.15) is 30.4 Å². The molecule has 1 atom stereocenters. The summed E-state index contributed by atoms with van der Waals surface area (Å²) in [7, 11) is 0. The number of rotatable bonds is 2. The summed E-state index contributed by atoms with van der Waals surface area (Å²) in [5.41, 5.74) is 2.73. The molecule has 0 spiro atoms. The van der Waals surface area contributed by atoms with Crippen molar-refractivity contribution in [1.82, 2.24) is 9.55 Å². The lowest BCUT2D eigenvalue weighted by molar-refractivity contribution is 0.392. The number of halogens is 1. The number of aromatic nitrogens is 2. The molecule has 0 N–H and O–H groups in total. The van der Waals surface area contributed by atoms with Crippen molar-refractivity contribution in [3.8, 4) is 0 Å². The molecule has 1 aromatic heterocycles.